The van der Waals surface area contributed by atoms with Crippen molar-refractivity contribution in [3.05, 3.63) is 88.8 Å². The minimum absolute atomic E-state index is 0.278. The number of para-hydroxylation sites is 1. The minimum Gasteiger partial charge on any atom is -0.502 e. The normalized spacial score (nSPS) is 12.2. The van der Waals surface area contributed by atoms with Gasteiger partial charge in [-0.15, -0.1) is 6.58 Å². The maximum atomic E-state index is 11.9. The van der Waals surface area contributed by atoms with E-state index in [0.717, 1.165) is 5.56 Å². The Morgan fingerprint density at radius 1 is 1.05 bits per heavy atom. The van der Waals surface area contributed by atoms with Crippen molar-refractivity contribution in [3.8, 4) is 5.75 Å². The Morgan fingerprint density at radius 2 is 1.71 bits per heavy atom. The monoisotopic (exact) mass is 278 g/mol. The lowest BCUT2D eigenvalue weighted by Gasteiger charge is -2.16. The van der Waals surface area contributed by atoms with Crippen molar-refractivity contribution >= 4 is 11.0 Å². The summed E-state index contributed by atoms with van der Waals surface area (Å²) in [6, 6.07) is 16.8. The van der Waals surface area contributed by atoms with Gasteiger partial charge in [-0.2, -0.15) is 0 Å². The maximum absolute atomic E-state index is 11.9. The van der Waals surface area contributed by atoms with Gasteiger partial charge in [-0.05, 0) is 11.6 Å². The van der Waals surface area contributed by atoms with Gasteiger partial charge in [0, 0.05) is 16.9 Å². The molecule has 0 saturated carbocycles. The molecule has 1 N–H and O–H groups in total. The summed E-state index contributed by atoms with van der Waals surface area (Å²) in [5.74, 6) is -0.636. The first kappa shape index (κ1) is 13.2. The summed E-state index contributed by atoms with van der Waals surface area (Å²) in [4.78, 5) is 11.9. The van der Waals surface area contributed by atoms with E-state index in [2.05, 4.69) is 6.58 Å². The number of hydrogen-bond acceptors (Lipinski definition) is 3. The first-order valence-corrected chi connectivity index (χ1v) is 6.64. The van der Waals surface area contributed by atoms with Crippen LogP contribution in [-0.2, 0) is 0 Å². The lowest BCUT2D eigenvalue weighted by Crippen LogP contribution is -2.07. The molecule has 0 saturated heterocycles. The molecule has 21 heavy (non-hydrogen) atoms. The standard InChI is InChI=1S/C18H14O3/c1-2-13(12-8-4-3-5-9-12)16-14-10-6-7-11-15(14)21-18(20)17(16)19/h2-11,13,19H,1H2. The highest BCUT2D eigenvalue weighted by molar-refractivity contribution is 5.83. The number of aromatic hydroxyl groups is 1. The van der Waals surface area contributed by atoms with Crippen LogP contribution in [0.25, 0.3) is 11.0 Å². The second-order valence-electron chi connectivity index (χ2n) is 4.77. The van der Waals surface area contributed by atoms with Crippen molar-refractivity contribution in [2.45, 2.75) is 5.92 Å². The molecular weight excluding hydrogens is 264 g/mol. The van der Waals surface area contributed by atoms with Crippen molar-refractivity contribution in [1.82, 2.24) is 0 Å². The number of rotatable bonds is 3. The SMILES string of the molecule is C=CC(c1ccccc1)c1c(O)c(=O)oc2ccccc12. The van der Waals surface area contributed by atoms with Crippen LogP contribution in [0.2, 0.25) is 0 Å². The Bertz CT molecular complexity index is 847. The Kier molecular flexibility index (Phi) is 3.32. The van der Waals surface area contributed by atoms with Gasteiger partial charge in [-0.3, -0.25) is 0 Å². The van der Waals surface area contributed by atoms with E-state index < -0.39 is 5.63 Å². The van der Waals surface area contributed by atoms with Gasteiger partial charge in [0.1, 0.15) is 5.58 Å². The van der Waals surface area contributed by atoms with Gasteiger partial charge >= 0.3 is 5.63 Å². The third-order valence-corrected chi connectivity index (χ3v) is 3.53. The molecule has 1 unspecified atom stereocenters. The molecule has 0 bridgehead atoms. The van der Waals surface area contributed by atoms with E-state index in [1.54, 1.807) is 18.2 Å². The lowest BCUT2D eigenvalue weighted by atomic mass is 9.89. The summed E-state index contributed by atoms with van der Waals surface area (Å²) in [5.41, 5.74) is 1.21. The Morgan fingerprint density at radius 3 is 2.43 bits per heavy atom. The molecule has 0 fully saturated rings. The molecule has 2 aromatic carbocycles. The molecule has 3 rings (SSSR count). The highest BCUT2D eigenvalue weighted by atomic mass is 16.4. The van der Waals surface area contributed by atoms with Crippen LogP contribution in [0.5, 0.6) is 5.75 Å². The van der Waals surface area contributed by atoms with Gasteiger partial charge < -0.3 is 9.52 Å². The molecule has 1 aromatic heterocycles. The average molecular weight is 278 g/mol. The van der Waals surface area contributed by atoms with Crippen LogP contribution in [0.1, 0.15) is 17.0 Å². The van der Waals surface area contributed by atoms with Crippen LogP contribution < -0.4 is 5.63 Å². The summed E-state index contributed by atoms with van der Waals surface area (Å²) in [6.07, 6.45) is 1.72. The van der Waals surface area contributed by atoms with Gasteiger partial charge in [-0.25, -0.2) is 4.79 Å². The second kappa shape index (κ2) is 5.29. The first-order chi connectivity index (χ1) is 10.2. The summed E-state index contributed by atoms with van der Waals surface area (Å²) in [5, 5.41) is 10.9. The molecule has 0 radical (unpaired) electrons. The number of allylic oxidation sites excluding steroid dienone is 1. The van der Waals surface area contributed by atoms with E-state index in [0.29, 0.717) is 16.5 Å². The quantitative estimate of drug-likeness (QED) is 0.585. The Hall–Kier alpha value is -2.81. The van der Waals surface area contributed by atoms with E-state index in [1.807, 2.05) is 42.5 Å². The molecule has 0 aliphatic rings. The van der Waals surface area contributed by atoms with Gasteiger partial charge in [0.25, 0.3) is 0 Å². The number of fused-ring (bicyclic) bond motifs is 1. The van der Waals surface area contributed by atoms with Crippen molar-refractivity contribution in [2.24, 2.45) is 0 Å². The van der Waals surface area contributed by atoms with Gasteiger partial charge in [0.15, 0.2) is 0 Å². The molecule has 3 aromatic rings. The van der Waals surface area contributed by atoms with Crippen molar-refractivity contribution in [2.75, 3.05) is 0 Å². The molecule has 1 heterocycles. The van der Waals surface area contributed by atoms with E-state index in [9.17, 15) is 9.90 Å². The fourth-order valence-corrected chi connectivity index (χ4v) is 2.56. The largest absolute Gasteiger partial charge is 0.502 e. The zero-order chi connectivity index (χ0) is 14.8. The van der Waals surface area contributed by atoms with E-state index in [1.165, 1.54) is 0 Å². The summed E-state index contributed by atoms with van der Waals surface area (Å²) in [6.45, 7) is 3.85. The third kappa shape index (κ3) is 2.23. The third-order valence-electron chi connectivity index (χ3n) is 3.53. The fourth-order valence-electron chi connectivity index (χ4n) is 2.56. The van der Waals surface area contributed by atoms with Gasteiger partial charge in [-0.1, -0.05) is 54.6 Å². The summed E-state index contributed by atoms with van der Waals surface area (Å²) in [7, 11) is 0. The molecule has 0 spiro atoms. The van der Waals surface area contributed by atoms with Crippen LogP contribution in [-0.4, -0.2) is 5.11 Å². The Balaban J connectivity index is 2.35. The van der Waals surface area contributed by atoms with Gasteiger partial charge in [0.05, 0.1) is 0 Å². The maximum Gasteiger partial charge on any atom is 0.379 e. The number of hydrogen-bond donors (Lipinski definition) is 1. The molecule has 0 aliphatic carbocycles. The average Bonchev–Trinajstić information content (AvgIpc) is 2.53. The lowest BCUT2D eigenvalue weighted by molar-refractivity contribution is 0.421. The van der Waals surface area contributed by atoms with Crippen LogP contribution >= 0.6 is 0 Å². The molecule has 104 valence electrons. The first-order valence-electron chi connectivity index (χ1n) is 6.64. The smallest absolute Gasteiger partial charge is 0.379 e. The molecule has 1 atom stereocenters. The molecule has 3 heteroatoms. The van der Waals surface area contributed by atoms with Crippen molar-refractivity contribution < 1.29 is 9.52 Å². The fraction of sp³-hybridized carbons (Fsp3) is 0.0556. The van der Waals surface area contributed by atoms with E-state index >= 15 is 0 Å². The summed E-state index contributed by atoms with van der Waals surface area (Å²) >= 11 is 0. The predicted octanol–water partition coefficient (Wildman–Crippen LogP) is 3.82. The van der Waals surface area contributed by atoms with Crippen molar-refractivity contribution in [1.29, 1.82) is 0 Å². The van der Waals surface area contributed by atoms with Crippen LogP contribution in [0, 0.1) is 0 Å². The predicted molar refractivity (Wildman–Crippen MR) is 82.6 cm³/mol. The highest BCUT2D eigenvalue weighted by Gasteiger charge is 2.21. The molecule has 3 nitrogen and oxygen atoms in total. The van der Waals surface area contributed by atoms with E-state index in [-0.39, 0.29) is 11.7 Å². The molecule has 0 aliphatic heterocycles. The highest BCUT2D eigenvalue weighted by Crippen LogP contribution is 2.35. The summed E-state index contributed by atoms with van der Waals surface area (Å²) < 4.78 is 5.12. The number of benzene rings is 2. The van der Waals surface area contributed by atoms with Crippen molar-refractivity contribution in [3.63, 3.8) is 0 Å². The second-order valence-corrected chi connectivity index (χ2v) is 4.77. The molecule has 0 amide bonds. The zero-order valence-electron chi connectivity index (χ0n) is 11.3. The topological polar surface area (TPSA) is 50.4 Å². The van der Waals surface area contributed by atoms with Gasteiger partial charge in [0.2, 0.25) is 5.75 Å². The Labute approximate surface area is 121 Å². The van der Waals surface area contributed by atoms with Crippen LogP contribution in [0.4, 0.5) is 0 Å². The minimum atomic E-state index is -0.730. The zero-order valence-corrected chi connectivity index (χ0v) is 11.3. The van der Waals surface area contributed by atoms with E-state index in [4.69, 9.17) is 4.42 Å². The van der Waals surface area contributed by atoms with Crippen LogP contribution in [0.15, 0.2) is 76.5 Å². The molecular formula is C18H14O3. The van der Waals surface area contributed by atoms with Crippen LogP contribution in [0.3, 0.4) is 0 Å².